The maximum Gasteiger partial charge on any atom is 0.337 e. The summed E-state index contributed by atoms with van der Waals surface area (Å²) >= 11 is 0. The van der Waals surface area contributed by atoms with Crippen LogP contribution in [0.15, 0.2) is 36.8 Å². The van der Waals surface area contributed by atoms with E-state index in [2.05, 4.69) is 10.1 Å². The number of aryl methyl sites for hydroxylation is 1. The number of carboxylic acids is 1. The van der Waals surface area contributed by atoms with Crippen LogP contribution in [0.1, 0.15) is 10.4 Å². The fourth-order valence-corrected chi connectivity index (χ4v) is 2.32. The Bertz CT molecular complexity index is 839. The normalized spacial score (nSPS) is 10.8. The molecule has 106 valence electrons. The summed E-state index contributed by atoms with van der Waals surface area (Å²) in [6.45, 7) is 0. The number of methoxy groups -OCH3 is 1. The second-order valence-corrected chi connectivity index (χ2v) is 4.64. The third-order valence-corrected chi connectivity index (χ3v) is 3.30. The number of fused-ring (bicyclic) bond motifs is 1. The number of hydrogen-bond acceptors (Lipinski definition) is 4. The molecule has 0 unspecified atom stereocenters. The highest BCUT2D eigenvalue weighted by atomic mass is 16.5. The van der Waals surface area contributed by atoms with Gasteiger partial charge in [0.05, 0.1) is 24.4 Å². The van der Waals surface area contributed by atoms with Crippen molar-refractivity contribution < 1.29 is 14.6 Å². The minimum Gasteiger partial charge on any atom is -0.497 e. The Balaban J connectivity index is 2.40. The standard InChI is InChI=1S/C15H13N3O3/c1-18-8-9(6-17-18)14-11-5-10(21-2)3-4-13(11)16-7-12(14)15(19)20/h3-8H,1-2H3,(H,19,20). The van der Waals surface area contributed by atoms with Gasteiger partial charge in [0.1, 0.15) is 5.75 Å². The lowest BCUT2D eigenvalue weighted by molar-refractivity contribution is 0.0697. The minimum atomic E-state index is -1.02. The summed E-state index contributed by atoms with van der Waals surface area (Å²) in [6.07, 6.45) is 4.79. The highest BCUT2D eigenvalue weighted by molar-refractivity contribution is 6.06. The van der Waals surface area contributed by atoms with E-state index in [0.29, 0.717) is 16.8 Å². The number of ether oxygens (including phenoxy) is 1. The first-order valence-corrected chi connectivity index (χ1v) is 6.29. The molecule has 0 aliphatic heterocycles. The lowest BCUT2D eigenvalue weighted by Gasteiger charge is -2.09. The van der Waals surface area contributed by atoms with E-state index < -0.39 is 5.97 Å². The smallest absolute Gasteiger partial charge is 0.337 e. The Hall–Kier alpha value is -2.89. The molecule has 3 aromatic rings. The van der Waals surface area contributed by atoms with Crippen LogP contribution in [-0.4, -0.2) is 33.0 Å². The molecule has 0 amide bonds. The molecule has 0 saturated carbocycles. The number of carbonyl (C=O) groups is 1. The molecule has 21 heavy (non-hydrogen) atoms. The van der Waals surface area contributed by atoms with Gasteiger partial charge in [-0.05, 0) is 18.2 Å². The Morgan fingerprint density at radius 2 is 2.14 bits per heavy atom. The first kappa shape index (κ1) is 13.1. The van der Waals surface area contributed by atoms with Gasteiger partial charge in [-0.2, -0.15) is 5.10 Å². The van der Waals surface area contributed by atoms with Crippen molar-refractivity contribution in [3.63, 3.8) is 0 Å². The number of aromatic nitrogens is 3. The highest BCUT2D eigenvalue weighted by Gasteiger charge is 2.17. The third kappa shape index (κ3) is 2.20. The van der Waals surface area contributed by atoms with Crippen molar-refractivity contribution in [2.45, 2.75) is 0 Å². The molecule has 1 N–H and O–H groups in total. The van der Waals surface area contributed by atoms with E-state index >= 15 is 0 Å². The molecule has 2 aromatic heterocycles. The van der Waals surface area contributed by atoms with Crippen molar-refractivity contribution in [1.29, 1.82) is 0 Å². The molecule has 6 heteroatoms. The molecular formula is C15H13N3O3. The summed E-state index contributed by atoms with van der Waals surface area (Å²) in [6, 6.07) is 5.39. The molecule has 0 aliphatic carbocycles. The summed E-state index contributed by atoms with van der Waals surface area (Å²) in [5.41, 5.74) is 2.18. The van der Waals surface area contributed by atoms with Gasteiger partial charge in [-0.1, -0.05) is 0 Å². The Kier molecular flexibility index (Phi) is 3.06. The predicted molar refractivity (Wildman–Crippen MR) is 77.5 cm³/mol. The van der Waals surface area contributed by atoms with Crippen molar-refractivity contribution in [2.24, 2.45) is 7.05 Å². The molecule has 0 spiro atoms. The number of benzene rings is 1. The average Bonchev–Trinajstić information content (AvgIpc) is 2.91. The molecule has 0 atom stereocenters. The second kappa shape index (κ2) is 4.90. The zero-order valence-electron chi connectivity index (χ0n) is 11.6. The van der Waals surface area contributed by atoms with Crippen LogP contribution in [0.5, 0.6) is 5.75 Å². The van der Waals surface area contributed by atoms with Gasteiger partial charge in [0.15, 0.2) is 0 Å². The minimum absolute atomic E-state index is 0.142. The first-order valence-electron chi connectivity index (χ1n) is 6.29. The van der Waals surface area contributed by atoms with Crippen LogP contribution in [0, 0.1) is 0 Å². The van der Waals surface area contributed by atoms with Gasteiger partial charge < -0.3 is 9.84 Å². The number of aromatic carboxylic acids is 1. The second-order valence-electron chi connectivity index (χ2n) is 4.64. The van der Waals surface area contributed by atoms with Gasteiger partial charge in [0.25, 0.3) is 0 Å². The predicted octanol–water partition coefficient (Wildman–Crippen LogP) is 2.34. The molecule has 1 aromatic carbocycles. The van der Waals surface area contributed by atoms with Gasteiger partial charge in [0.2, 0.25) is 0 Å². The van der Waals surface area contributed by atoms with E-state index in [1.54, 1.807) is 49.4 Å². The van der Waals surface area contributed by atoms with Gasteiger partial charge in [-0.3, -0.25) is 9.67 Å². The number of rotatable bonds is 3. The van der Waals surface area contributed by atoms with Crippen LogP contribution >= 0.6 is 0 Å². The van der Waals surface area contributed by atoms with Crippen LogP contribution in [0.25, 0.3) is 22.0 Å². The molecule has 0 fully saturated rings. The van der Waals surface area contributed by atoms with Crippen molar-refractivity contribution >= 4 is 16.9 Å². The molecule has 0 bridgehead atoms. The van der Waals surface area contributed by atoms with Crippen LogP contribution < -0.4 is 4.74 Å². The SMILES string of the molecule is COc1ccc2ncc(C(=O)O)c(-c3cnn(C)c3)c2c1. The average molecular weight is 283 g/mol. The summed E-state index contributed by atoms with van der Waals surface area (Å²) < 4.78 is 6.86. The molecular weight excluding hydrogens is 270 g/mol. The van der Waals surface area contributed by atoms with Crippen molar-refractivity contribution in [3.8, 4) is 16.9 Å². The van der Waals surface area contributed by atoms with Crippen LogP contribution in [0.2, 0.25) is 0 Å². The maximum atomic E-state index is 11.5. The maximum absolute atomic E-state index is 11.5. The number of carboxylic acid groups (broad SMARTS) is 1. The molecule has 2 heterocycles. The fraction of sp³-hybridized carbons (Fsp3) is 0.133. The van der Waals surface area contributed by atoms with Gasteiger partial charge in [-0.15, -0.1) is 0 Å². The Morgan fingerprint density at radius 1 is 1.33 bits per heavy atom. The monoisotopic (exact) mass is 283 g/mol. The number of nitrogens with zero attached hydrogens (tertiary/aromatic N) is 3. The largest absolute Gasteiger partial charge is 0.497 e. The number of pyridine rings is 1. The Morgan fingerprint density at radius 3 is 2.76 bits per heavy atom. The zero-order valence-corrected chi connectivity index (χ0v) is 11.6. The van der Waals surface area contributed by atoms with E-state index in [1.165, 1.54) is 6.20 Å². The van der Waals surface area contributed by atoms with Crippen molar-refractivity contribution in [1.82, 2.24) is 14.8 Å². The topological polar surface area (TPSA) is 77.2 Å². The van der Waals surface area contributed by atoms with E-state index in [4.69, 9.17) is 4.74 Å². The van der Waals surface area contributed by atoms with Crippen molar-refractivity contribution in [3.05, 3.63) is 42.4 Å². The van der Waals surface area contributed by atoms with E-state index in [1.807, 2.05) is 0 Å². The van der Waals surface area contributed by atoms with Gasteiger partial charge in [0, 0.05) is 36.0 Å². The zero-order chi connectivity index (χ0) is 15.0. The summed E-state index contributed by atoms with van der Waals surface area (Å²) in [5.74, 6) is -0.372. The molecule has 3 rings (SSSR count). The van der Waals surface area contributed by atoms with E-state index in [9.17, 15) is 9.90 Å². The molecule has 6 nitrogen and oxygen atoms in total. The highest BCUT2D eigenvalue weighted by Crippen LogP contribution is 2.33. The van der Waals surface area contributed by atoms with Crippen LogP contribution in [0.3, 0.4) is 0 Å². The van der Waals surface area contributed by atoms with Crippen LogP contribution in [-0.2, 0) is 7.05 Å². The van der Waals surface area contributed by atoms with E-state index in [0.717, 1.165) is 10.9 Å². The quantitative estimate of drug-likeness (QED) is 0.798. The molecule has 0 radical (unpaired) electrons. The van der Waals surface area contributed by atoms with Gasteiger partial charge in [-0.25, -0.2) is 4.79 Å². The molecule has 0 saturated heterocycles. The first-order chi connectivity index (χ1) is 10.1. The summed E-state index contributed by atoms with van der Waals surface area (Å²) in [5, 5.41) is 14.3. The lowest BCUT2D eigenvalue weighted by atomic mass is 9.98. The Labute approximate surface area is 120 Å². The summed E-state index contributed by atoms with van der Waals surface area (Å²) in [7, 11) is 3.35. The van der Waals surface area contributed by atoms with Gasteiger partial charge >= 0.3 is 5.97 Å². The van der Waals surface area contributed by atoms with Crippen LogP contribution in [0.4, 0.5) is 0 Å². The fourth-order valence-electron chi connectivity index (χ4n) is 2.32. The third-order valence-electron chi connectivity index (χ3n) is 3.30. The number of hydrogen-bond donors (Lipinski definition) is 1. The molecule has 0 aliphatic rings. The lowest BCUT2D eigenvalue weighted by Crippen LogP contribution is -2.01. The summed E-state index contributed by atoms with van der Waals surface area (Å²) in [4.78, 5) is 15.7. The van der Waals surface area contributed by atoms with E-state index in [-0.39, 0.29) is 5.56 Å². The van der Waals surface area contributed by atoms with Crippen molar-refractivity contribution in [2.75, 3.05) is 7.11 Å².